The highest BCUT2D eigenvalue weighted by Crippen LogP contribution is 2.15. The average molecular weight is 571 g/mol. The Morgan fingerprint density at radius 1 is 0.585 bits per heavy atom. The minimum absolute atomic E-state index is 0.119. The number of unbranched alkanes of at least 4 members (excludes halogenated alkanes) is 12. The quantitative estimate of drug-likeness (QED) is 0.0552. The van der Waals surface area contributed by atoms with E-state index in [2.05, 4.69) is 74.6 Å². The van der Waals surface area contributed by atoms with Crippen LogP contribution in [0, 0.1) is 0 Å². The first-order valence-electron chi connectivity index (χ1n) is 16.8. The molecule has 0 aliphatic rings. The van der Waals surface area contributed by atoms with Crippen molar-refractivity contribution in [2.24, 2.45) is 0 Å². The highest BCUT2D eigenvalue weighted by atomic mass is 16.5. The van der Waals surface area contributed by atoms with Crippen LogP contribution in [-0.2, 0) is 14.3 Å². The number of rotatable bonds is 29. The predicted molar refractivity (Wildman–Crippen MR) is 176 cm³/mol. The number of ether oxygens (including phenoxy) is 1. The third-order valence-corrected chi connectivity index (χ3v) is 6.97. The smallest absolute Gasteiger partial charge is 0.306 e. The molecule has 1 atom stereocenters. The maximum absolute atomic E-state index is 12.5. The van der Waals surface area contributed by atoms with Crippen molar-refractivity contribution < 1.29 is 19.4 Å². The van der Waals surface area contributed by atoms with Gasteiger partial charge in [-0.2, -0.15) is 0 Å². The lowest BCUT2D eigenvalue weighted by atomic mass is 10.0. The summed E-state index contributed by atoms with van der Waals surface area (Å²) in [4.78, 5) is 23.1. The van der Waals surface area contributed by atoms with Gasteiger partial charge in [-0.25, -0.2) is 0 Å². The number of aliphatic carboxylic acids is 1. The number of hydrogen-bond donors (Lipinski definition) is 1. The summed E-state index contributed by atoms with van der Waals surface area (Å²) in [5.74, 6) is -0.827. The lowest BCUT2D eigenvalue weighted by Crippen LogP contribution is -2.16. The van der Waals surface area contributed by atoms with Crippen molar-refractivity contribution in [3.05, 3.63) is 60.8 Å². The van der Waals surface area contributed by atoms with Gasteiger partial charge in [0.2, 0.25) is 0 Å². The number of carboxylic acids is 1. The van der Waals surface area contributed by atoms with Gasteiger partial charge in [0.15, 0.2) is 0 Å². The van der Waals surface area contributed by atoms with Crippen LogP contribution in [0.25, 0.3) is 0 Å². The highest BCUT2D eigenvalue weighted by Gasteiger charge is 2.11. The van der Waals surface area contributed by atoms with E-state index in [1.165, 1.54) is 44.9 Å². The molecule has 0 aliphatic carbocycles. The van der Waals surface area contributed by atoms with Crippen LogP contribution >= 0.6 is 0 Å². The monoisotopic (exact) mass is 570 g/mol. The molecule has 0 amide bonds. The zero-order valence-corrected chi connectivity index (χ0v) is 26.6. The molecule has 0 aromatic carbocycles. The Balaban J connectivity index is 4.30. The van der Waals surface area contributed by atoms with E-state index in [9.17, 15) is 9.59 Å². The van der Waals surface area contributed by atoms with Crippen LogP contribution < -0.4 is 0 Å². The maximum Gasteiger partial charge on any atom is 0.306 e. The molecular weight excluding hydrogens is 508 g/mol. The van der Waals surface area contributed by atoms with Crippen molar-refractivity contribution >= 4 is 11.9 Å². The summed E-state index contributed by atoms with van der Waals surface area (Å²) in [6.45, 7) is 4.40. The molecule has 4 heteroatoms. The van der Waals surface area contributed by atoms with Gasteiger partial charge in [-0.05, 0) is 70.3 Å². The third kappa shape index (κ3) is 32.0. The van der Waals surface area contributed by atoms with E-state index in [1.807, 2.05) is 0 Å². The number of carbonyl (C=O) groups is 2. The Bertz CT molecular complexity index is 744. The van der Waals surface area contributed by atoms with Gasteiger partial charge in [0.1, 0.15) is 6.10 Å². The van der Waals surface area contributed by atoms with Gasteiger partial charge in [-0.15, -0.1) is 0 Å². The fraction of sp³-hybridized carbons (Fsp3) is 0.676. The lowest BCUT2D eigenvalue weighted by Gasteiger charge is -2.14. The summed E-state index contributed by atoms with van der Waals surface area (Å²) in [5, 5.41) is 8.75. The van der Waals surface area contributed by atoms with Gasteiger partial charge in [0.25, 0.3) is 0 Å². The summed E-state index contributed by atoms with van der Waals surface area (Å²) in [7, 11) is 0. The van der Waals surface area contributed by atoms with Crippen molar-refractivity contribution in [2.75, 3.05) is 0 Å². The molecule has 1 N–H and O–H groups in total. The van der Waals surface area contributed by atoms with E-state index in [-0.39, 0.29) is 18.5 Å². The Hall–Kier alpha value is -2.36. The normalized spacial score (nSPS) is 13.0. The summed E-state index contributed by atoms with van der Waals surface area (Å²) >= 11 is 0. The van der Waals surface area contributed by atoms with Gasteiger partial charge in [0, 0.05) is 12.8 Å². The molecule has 4 nitrogen and oxygen atoms in total. The first-order chi connectivity index (χ1) is 20.1. The molecular formula is C37H62O4. The molecule has 0 bridgehead atoms. The molecule has 0 rings (SSSR count). The second-order valence-electron chi connectivity index (χ2n) is 11.0. The summed E-state index contributed by atoms with van der Waals surface area (Å²) in [5.41, 5.74) is 0. The van der Waals surface area contributed by atoms with E-state index in [1.54, 1.807) is 0 Å². The molecule has 0 aliphatic heterocycles. The van der Waals surface area contributed by atoms with Crippen LogP contribution in [0.1, 0.15) is 155 Å². The van der Waals surface area contributed by atoms with E-state index in [0.29, 0.717) is 12.8 Å². The Morgan fingerprint density at radius 3 is 1.73 bits per heavy atom. The fourth-order valence-corrected chi connectivity index (χ4v) is 4.52. The Morgan fingerprint density at radius 2 is 1.12 bits per heavy atom. The standard InChI is InChI=1S/C37H62O4/c1-3-5-7-9-11-13-14-15-16-18-20-26-30-34-37(40)41-35(31-27-23-19-17-12-10-8-6-4-2)32-28-24-21-22-25-29-33-36(38)39/h5,7,11,13,15-16,20,26-27,31,35H,3-4,6,8-10,12,14,17-19,21-25,28-30,32-34H2,1-2H3,(H,38,39)/b7-5-,13-11-,16-15-,26-20-,31-27-. The van der Waals surface area contributed by atoms with Gasteiger partial charge >= 0.3 is 11.9 Å². The molecule has 1 unspecified atom stereocenters. The van der Waals surface area contributed by atoms with Crippen molar-refractivity contribution in [2.45, 2.75) is 161 Å². The largest absolute Gasteiger partial charge is 0.481 e. The number of hydrogen-bond acceptors (Lipinski definition) is 3. The minimum atomic E-state index is -0.708. The first kappa shape index (κ1) is 38.6. The van der Waals surface area contributed by atoms with Crippen LogP contribution in [-0.4, -0.2) is 23.1 Å². The van der Waals surface area contributed by atoms with Gasteiger partial charge < -0.3 is 9.84 Å². The van der Waals surface area contributed by atoms with Crippen LogP contribution in [0.2, 0.25) is 0 Å². The SMILES string of the molecule is CC/C=C\C/C=C\C/C=C\C/C=C\CCC(=O)OC(/C=C\CCCCCCCCC)CCCCCCCCC(=O)O. The number of esters is 1. The zero-order valence-electron chi connectivity index (χ0n) is 26.6. The molecule has 234 valence electrons. The molecule has 0 spiro atoms. The summed E-state index contributed by atoms with van der Waals surface area (Å²) in [6, 6.07) is 0. The molecule has 41 heavy (non-hydrogen) atoms. The predicted octanol–water partition coefficient (Wildman–Crippen LogP) is 11.4. The second-order valence-corrected chi connectivity index (χ2v) is 11.0. The fourth-order valence-electron chi connectivity index (χ4n) is 4.52. The van der Waals surface area contributed by atoms with Crippen molar-refractivity contribution in [1.82, 2.24) is 0 Å². The topological polar surface area (TPSA) is 63.6 Å². The lowest BCUT2D eigenvalue weighted by molar-refractivity contribution is -0.147. The summed E-state index contributed by atoms with van der Waals surface area (Å²) in [6.07, 6.45) is 43.9. The Labute approximate surface area is 253 Å². The van der Waals surface area contributed by atoms with Crippen LogP contribution in [0.5, 0.6) is 0 Å². The third-order valence-electron chi connectivity index (χ3n) is 6.97. The van der Waals surface area contributed by atoms with Gasteiger partial charge in [-0.1, -0.05) is 133 Å². The molecule has 0 aromatic rings. The van der Waals surface area contributed by atoms with Crippen molar-refractivity contribution in [1.29, 1.82) is 0 Å². The highest BCUT2D eigenvalue weighted by molar-refractivity contribution is 5.69. The van der Waals surface area contributed by atoms with Crippen LogP contribution in [0.3, 0.4) is 0 Å². The number of carbonyl (C=O) groups excluding carboxylic acids is 1. The van der Waals surface area contributed by atoms with E-state index in [4.69, 9.17) is 9.84 Å². The minimum Gasteiger partial charge on any atom is -0.481 e. The van der Waals surface area contributed by atoms with Crippen molar-refractivity contribution in [3.8, 4) is 0 Å². The van der Waals surface area contributed by atoms with E-state index < -0.39 is 5.97 Å². The second kappa shape index (κ2) is 32.2. The number of allylic oxidation sites excluding steroid dienone is 9. The average Bonchev–Trinajstić information content (AvgIpc) is 2.95. The molecule has 0 heterocycles. The van der Waals surface area contributed by atoms with Crippen LogP contribution in [0.4, 0.5) is 0 Å². The van der Waals surface area contributed by atoms with Gasteiger partial charge in [-0.3, -0.25) is 9.59 Å². The van der Waals surface area contributed by atoms with E-state index >= 15 is 0 Å². The molecule has 0 aromatic heterocycles. The first-order valence-corrected chi connectivity index (χ1v) is 16.8. The molecule has 0 radical (unpaired) electrons. The Kier molecular flexibility index (Phi) is 30.3. The molecule has 0 fully saturated rings. The number of carboxylic acid groups (broad SMARTS) is 1. The van der Waals surface area contributed by atoms with E-state index in [0.717, 1.165) is 77.0 Å². The molecule has 0 saturated carbocycles. The van der Waals surface area contributed by atoms with Crippen LogP contribution in [0.15, 0.2) is 60.8 Å². The molecule has 0 saturated heterocycles. The van der Waals surface area contributed by atoms with Gasteiger partial charge in [0.05, 0.1) is 0 Å². The zero-order chi connectivity index (χ0) is 30.1. The summed E-state index contributed by atoms with van der Waals surface area (Å²) < 4.78 is 5.85. The van der Waals surface area contributed by atoms with Crippen molar-refractivity contribution in [3.63, 3.8) is 0 Å². The maximum atomic E-state index is 12.5.